The Balaban J connectivity index is 1.80. The first-order chi connectivity index (χ1) is 8.54. The molecule has 2 rings (SSSR count). The summed E-state index contributed by atoms with van der Waals surface area (Å²) in [6, 6.07) is 8.55. The Morgan fingerprint density at radius 1 is 1.44 bits per heavy atom. The van der Waals surface area contributed by atoms with Crippen molar-refractivity contribution >= 4 is 5.97 Å². The second-order valence-corrected chi connectivity index (χ2v) is 5.61. The van der Waals surface area contributed by atoms with Crippen LogP contribution in [-0.2, 0) is 16.0 Å². The number of hydrogen-bond donors (Lipinski definition) is 1. The Labute approximate surface area is 109 Å². The van der Waals surface area contributed by atoms with Gasteiger partial charge in [0.05, 0.1) is 12.5 Å². The van der Waals surface area contributed by atoms with E-state index in [1.54, 1.807) is 0 Å². The number of benzene rings is 1. The van der Waals surface area contributed by atoms with Gasteiger partial charge in [-0.25, -0.2) is 0 Å². The minimum atomic E-state index is -0.460. The van der Waals surface area contributed by atoms with Gasteiger partial charge in [0.15, 0.2) is 0 Å². The Hall–Kier alpha value is -1.35. The van der Waals surface area contributed by atoms with Crippen LogP contribution in [0.3, 0.4) is 0 Å². The van der Waals surface area contributed by atoms with Gasteiger partial charge >= 0.3 is 5.97 Å². The maximum atomic E-state index is 11.5. The number of ether oxygens (including phenoxy) is 1. The molecule has 1 atom stereocenters. The molecular formula is C15H21NO2. The smallest absolute Gasteiger partial charge is 0.312 e. The van der Waals surface area contributed by atoms with Crippen LogP contribution in [0.15, 0.2) is 24.3 Å². The number of rotatable bonds is 5. The van der Waals surface area contributed by atoms with Crippen LogP contribution in [0.5, 0.6) is 0 Å². The molecule has 1 aliphatic rings. The molecule has 0 radical (unpaired) electrons. The zero-order valence-electron chi connectivity index (χ0n) is 11.3. The lowest BCUT2D eigenvalue weighted by atomic mass is 9.77. The van der Waals surface area contributed by atoms with Crippen molar-refractivity contribution in [3.63, 3.8) is 0 Å². The topological polar surface area (TPSA) is 38.3 Å². The number of hydrogen-bond acceptors (Lipinski definition) is 3. The van der Waals surface area contributed by atoms with E-state index in [1.165, 1.54) is 18.2 Å². The van der Waals surface area contributed by atoms with Crippen molar-refractivity contribution in [3.8, 4) is 0 Å². The third-order valence-corrected chi connectivity index (χ3v) is 3.66. The first-order valence-electron chi connectivity index (χ1n) is 6.41. The van der Waals surface area contributed by atoms with E-state index < -0.39 is 5.41 Å². The lowest BCUT2D eigenvalue weighted by Crippen LogP contribution is -2.39. The van der Waals surface area contributed by atoms with Gasteiger partial charge in [-0.05, 0) is 31.4 Å². The summed E-state index contributed by atoms with van der Waals surface area (Å²) in [5.74, 6) is 0.429. The molecule has 0 aliphatic heterocycles. The molecule has 1 unspecified atom stereocenters. The van der Waals surface area contributed by atoms with Gasteiger partial charge in [0, 0.05) is 19.0 Å². The number of carbonyl (C=O) groups excluding carboxylic acids is 1. The fraction of sp³-hybridized carbons (Fsp3) is 0.533. The Kier molecular flexibility index (Phi) is 3.71. The highest BCUT2D eigenvalue weighted by Crippen LogP contribution is 2.34. The standard InChI is InChI=1S/C15H21NO2/c1-15(2,14(17)18-3)10-16-9-12-8-11-6-4-5-7-13(11)12/h4-7,12,16H,8-10H2,1-3H3. The lowest BCUT2D eigenvalue weighted by molar-refractivity contribution is -0.150. The van der Waals surface area contributed by atoms with E-state index in [-0.39, 0.29) is 5.97 Å². The van der Waals surface area contributed by atoms with Gasteiger partial charge in [-0.1, -0.05) is 24.3 Å². The van der Waals surface area contributed by atoms with Gasteiger partial charge in [0.2, 0.25) is 0 Å². The molecule has 0 bridgehead atoms. The summed E-state index contributed by atoms with van der Waals surface area (Å²) in [6.07, 6.45) is 1.14. The van der Waals surface area contributed by atoms with Gasteiger partial charge < -0.3 is 10.1 Å². The highest BCUT2D eigenvalue weighted by molar-refractivity contribution is 5.76. The molecule has 1 aliphatic carbocycles. The molecule has 0 amide bonds. The first-order valence-corrected chi connectivity index (χ1v) is 6.41. The third kappa shape index (κ3) is 2.56. The van der Waals surface area contributed by atoms with Crippen LogP contribution in [-0.4, -0.2) is 26.2 Å². The van der Waals surface area contributed by atoms with Crippen molar-refractivity contribution in [2.24, 2.45) is 5.41 Å². The van der Waals surface area contributed by atoms with Gasteiger partial charge in [-0.3, -0.25) is 4.79 Å². The third-order valence-electron chi connectivity index (χ3n) is 3.66. The fourth-order valence-corrected chi connectivity index (χ4v) is 2.45. The minimum absolute atomic E-state index is 0.163. The van der Waals surface area contributed by atoms with E-state index in [0.717, 1.165) is 13.0 Å². The van der Waals surface area contributed by atoms with E-state index in [0.29, 0.717) is 12.5 Å². The summed E-state index contributed by atoms with van der Waals surface area (Å²) in [7, 11) is 1.44. The highest BCUT2D eigenvalue weighted by atomic mass is 16.5. The Bertz CT molecular complexity index is 440. The highest BCUT2D eigenvalue weighted by Gasteiger charge is 2.30. The van der Waals surface area contributed by atoms with Crippen LogP contribution in [0, 0.1) is 5.41 Å². The molecule has 3 nitrogen and oxygen atoms in total. The van der Waals surface area contributed by atoms with Crippen molar-refractivity contribution in [1.82, 2.24) is 5.32 Å². The van der Waals surface area contributed by atoms with Crippen molar-refractivity contribution < 1.29 is 9.53 Å². The van der Waals surface area contributed by atoms with Crippen LogP contribution < -0.4 is 5.32 Å². The molecule has 0 aromatic heterocycles. The fourth-order valence-electron chi connectivity index (χ4n) is 2.45. The van der Waals surface area contributed by atoms with Gasteiger partial charge in [0.1, 0.15) is 0 Å². The minimum Gasteiger partial charge on any atom is -0.469 e. The van der Waals surface area contributed by atoms with Crippen molar-refractivity contribution in [2.75, 3.05) is 20.2 Å². The van der Waals surface area contributed by atoms with Gasteiger partial charge in [0.25, 0.3) is 0 Å². The van der Waals surface area contributed by atoms with E-state index >= 15 is 0 Å². The number of esters is 1. The molecule has 0 saturated carbocycles. The summed E-state index contributed by atoms with van der Waals surface area (Å²) in [4.78, 5) is 11.5. The predicted octanol–water partition coefficient (Wildman–Crippen LogP) is 2.12. The zero-order chi connectivity index (χ0) is 13.2. The quantitative estimate of drug-likeness (QED) is 0.810. The number of methoxy groups -OCH3 is 1. The molecule has 1 aromatic carbocycles. The SMILES string of the molecule is COC(=O)C(C)(C)CNCC1Cc2ccccc21. The summed E-state index contributed by atoms with van der Waals surface area (Å²) >= 11 is 0. The Morgan fingerprint density at radius 2 is 2.17 bits per heavy atom. The average molecular weight is 247 g/mol. The monoisotopic (exact) mass is 247 g/mol. The van der Waals surface area contributed by atoms with Crippen molar-refractivity contribution in [2.45, 2.75) is 26.2 Å². The molecule has 0 spiro atoms. The van der Waals surface area contributed by atoms with Gasteiger partial charge in [-0.15, -0.1) is 0 Å². The summed E-state index contributed by atoms with van der Waals surface area (Å²) in [5.41, 5.74) is 2.44. The zero-order valence-corrected chi connectivity index (χ0v) is 11.3. The second-order valence-electron chi connectivity index (χ2n) is 5.61. The molecular weight excluding hydrogens is 226 g/mol. The van der Waals surface area contributed by atoms with Crippen LogP contribution in [0.4, 0.5) is 0 Å². The van der Waals surface area contributed by atoms with Gasteiger partial charge in [-0.2, -0.15) is 0 Å². The van der Waals surface area contributed by atoms with Crippen LogP contribution >= 0.6 is 0 Å². The number of nitrogens with one attached hydrogen (secondary N) is 1. The van der Waals surface area contributed by atoms with Crippen molar-refractivity contribution in [3.05, 3.63) is 35.4 Å². The van der Waals surface area contributed by atoms with Crippen LogP contribution in [0.2, 0.25) is 0 Å². The largest absolute Gasteiger partial charge is 0.469 e. The van der Waals surface area contributed by atoms with Crippen molar-refractivity contribution in [1.29, 1.82) is 0 Å². The summed E-state index contributed by atoms with van der Waals surface area (Å²) < 4.78 is 4.79. The maximum absolute atomic E-state index is 11.5. The number of carbonyl (C=O) groups is 1. The summed E-state index contributed by atoms with van der Waals surface area (Å²) in [5, 5.41) is 3.38. The Morgan fingerprint density at radius 3 is 2.83 bits per heavy atom. The molecule has 0 saturated heterocycles. The number of fused-ring (bicyclic) bond motifs is 1. The van der Waals surface area contributed by atoms with E-state index in [1.807, 2.05) is 13.8 Å². The molecule has 98 valence electrons. The molecule has 1 N–H and O–H groups in total. The molecule has 0 fully saturated rings. The molecule has 0 heterocycles. The maximum Gasteiger partial charge on any atom is 0.312 e. The first kappa shape index (κ1) is 13.1. The predicted molar refractivity (Wildman–Crippen MR) is 71.6 cm³/mol. The molecule has 1 aromatic rings. The summed E-state index contributed by atoms with van der Waals surface area (Å²) in [6.45, 7) is 5.39. The lowest BCUT2D eigenvalue weighted by Gasteiger charge is -2.31. The second kappa shape index (κ2) is 5.11. The normalized spacial score (nSPS) is 17.8. The van der Waals surface area contributed by atoms with E-state index in [9.17, 15) is 4.79 Å². The molecule has 3 heteroatoms. The molecule has 18 heavy (non-hydrogen) atoms. The van der Waals surface area contributed by atoms with Crippen LogP contribution in [0.1, 0.15) is 30.9 Å². The van der Waals surface area contributed by atoms with Crippen LogP contribution in [0.25, 0.3) is 0 Å². The average Bonchev–Trinajstić information content (AvgIpc) is 2.33. The van der Waals surface area contributed by atoms with E-state index in [4.69, 9.17) is 4.74 Å². The van der Waals surface area contributed by atoms with E-state index in [2.05, 4.69) is 29.6 Å².